The molecule has 1 aliphatic heterocycles. The molecule has 2 heterocycles. The normalized spacial score (nSPS) is 17.9. The molecule has 0 spiro atoms. The van der Waals surface area contributed by atoms with Crippen molar-refractivity contribution in [2.24, 2.45) is 0 Å². The van der Waals surface area contributed by atoms with E-state index in [0.717, 1.165) is 5.56 Å². The quantitative estimate of drug-likeness (QED) is 0.938. The van der Waals surface area contributed by atoms with Gasteiger partial charge in [0.25, 0.3) is 5.91 Å². The van der Waals surface area contributed by atoms with Gasteiger partial charge < -0.3 is 14.7 Å². The lowest BCUT2D eigenvalue weighted by Gasteiger charge is -2.35. The average Bonchev–Trinajstić information content (AvgIpc) is 2.95. The van der Waals surface area contributed by atoms with Gasteiger partial charge in [-0.25, -0.2) is 0 Å². The van der Waals surface area contributed by atoms with Gasteiger partial charge in [0, 0.05) is 6.54 Å². The molecule has 0 saturated carbocycles. The van der Waals surface area contributed by atoms with Gasteiger partial charge in [-0.1, -0.05) is 42.4 Å². The summed E-state index contributed by atoms with van der Waals surface area (Å²) >= 11 is 0. The highest BCUT2D eigenvalue weighted by Gasteiger charge is 2.34. The number of aromatic nitrogens is 1. The summed E-state index contributed by atoms with van der Waals surface area (Å²) < 4.78 is 5.17. The van der Waals surface area contributed by atoms with E-state index < -0.39 is 0 Å². The van der Waals surface area contributed by atoms with E-state index in [2.05, 4.69) is 10.5 Å². The van der Waals surface area contributed by atoms with Gasteiger partial charge in [0.15, 0.2) is 0 Å². The minimum absolute atomic E-state index is 0.0339. The number of benzene rings is 1. The molecule has 1 unspecified atom stereocenters. The maximum atomic E-state index is 13.0. The molecule has 1 aliphatic rings. The number of rotatable bonds is 3. The van der Waals surface area contributed by atoms with Crippen LogP contribution in [0.1, 0.15) is 40.3 Å². The van der Waals surface area contributed by atoms with Crippen LogP contribution in [0.15, 0.2) is 34.9 Å². The third-order valence-corrected chi connectivity index (χ3v) is 4.11. The van der Waals surface area contributed by atoms with Crippen LogP contribution >= 0.6 is 0 Å². The Hall–Kier alpha value is -2.63. The molecule has 2 aromatic rings. The van der Waals surface area contributed by atoms with Crippen LogP contribution in [0.2, 0.25) is 0 Å². The zero-order valence-electron chi connectivity index (χ0n) is 13.2. The highest BCUT2D eigenvalue weighted by atomic mass is 16.5. The van der Waals surface area contributed by atoms with Gasteiger partial charge in [-0.2, -0.15) is 0 Å². The number of nitrogens with zero attached hydrogens (tertiary/aromatic N) is 2. The van der Waals surface area contributed by atoms with Gasteiger partial charge in [-0.05, 0) is 18.9 Å². The fraction of sp³-hybridized carbons (Fsp3) is 0.353. The second-order valence-corrected chi connectivity index (χ2v) is 5.58. The smallest absolute Gasteiger partial charge is 0.260 e. The number of amides is 2. The summed E-state index contributed by atoms with van der Waals surface area (Å²) in [5, 5.41) is 6.78. The van der Waals surface area contributed by atoms with Gasteiger partial charge in [0.05, 0.1) is 11.7 Å². The van der Waals surface area contributed by atoms with Crippen molar-refractivity contribution in [3.05, 3.63) is 52.9 Å². The minimum atomic E-state index is -0.204. The standard InChI is InChI=1S/C17H19N3O3/c1-3-13-16(11(2)23-19-13)17(22)20-10-15(21)18-9-14(20)12-7-5-4-6-8-12/h4-8,14H,3,9-10H2,1-2H3,(H,18,21). The van der Waals surface area contributed by atoms with E-state index in [1.54, 1.807) is 11.8 Å². The lowest BCUT2D eigenvalue weighted by atomic mass is 10.0. The molecule has 3 rings (SSSR count). The van der Waals surface area contributed by atoms with Crippen LogP contribution in [0.25, 0.3) is 0 Å². The van der Waals surface area contributed by atoms with Crippen LogP contribution in [0, 0.1) is 6.92 Å². The summed E-state index contributed by atoms with van der Waals surface area (Å²) in [4.78, 5) is 26.5. The van der Waals surface area contributed by atoms with E-state index in [4.69, 9.17) is 4.52 Å². The SMILES string of the molecule is CCc1noc(C)c1C(=O)N1CC(=O)NCC1c1ccccc1. The molecule has 6 heteroatoms. The lowest BCUT2D eigenvalue weighted by Crippen LogP contribution is -2.52. The predicted molar refractivity (Wildman–Crippen MR) is 83.8 cm³/mol. The number of aryl methyl sites for hydroxylation is 2. The second kappa shape index (κ2) is 6.24. The Morgan fingerprint density at radius 2 is 2.13 bits per heavy atom. The van der Waals surface area contributed by atoms with Gasteiger partial charge >= 0.3 is 0 Å². The van der Waals surface area contributed by atoms with Crippen LogP contribution < -0.4 is 5.32 Å². The fourth-order valence-electron chi connectivity index (χ4n) is 2.90. The highest BCUT2D eigenvalue weighted by Crippen LogP contribution is 2.26. The second-order valence-electron chi connectivity index (χ2n) is 5.58. The molecule has 120 valence electrons. The number of carbonyl (C=O) groups is 2. The van der Waals surface area contributed by atoms with E-state index >= 15 is 0 Å². The van der Waals surface area contributed by atoms with E-state index in [1.807, 2.05) is 37.3 Å². The summed E-state index contributed by atoms with van der Waals surface area (Å²) in [6.07, 6.45) is 0.606. The molecule has 1 aromatic heterocycles. The summed E-state index contributed by atoms with van der Waals surface area (Å²) in [7, 11) is 0. The van der Waals surface area contributed by atoms with Crippen molar-refractivity contribution in [2.75, 3.05) is 13.1 Å². The third kappa shape index (κ3) is 2.84. The summed E-state index contributed by atoms with van der Waals surface area (Å²) in [5.41, 5.74) is 2.10. The monoisotopic (exact) mass is 313 g/mol. The van der Waals surface area contributed by atoms with Crippen molar-refractivity contribution in [3.8, 4) is 0 Å². The molecule has 1 fully saturated rings. The first kappa shape index (κ1) is 15.3. The molecule has 0 aliphatic carbocycles. The van der Waals surface area contributed by atoms with Crippen molar-refractivity contribution >= 4 is 11.8 Å². The zero-order valence-corrected chi connectivity index (χ0v) is 13.2. The van der Waals surface area contributed by atoms with Gasteiger partial charge in [-0.3, -0.25) is 9.59 Å². The Morgan fingerprint density at radius 3 is 2.83 bits per heavy atom. The Kier molecular flexibility index (Phi) is 4.14. The van der Waals surface area contributed by atoms with E-state index in [9.17, 15) is 9.59 Å². The first-order chi connectivity index (χ1) is 11.1. The van der Waals surface area contributed by atoms with Gasteiger partial charge in [0.1, 0.15) is 17.9 Å². The van der Waals surface area contributed by atoms with Crippen molar-refractivity contribution < 1.29 is 14.1 Å². The average molecular weight is 313 g/mol. The lowest BCUT2D eigenvalue weighted by molar-refractivity contribution is -0.124. The fourth-order valence-corrected chi connectivity index (χ4v) is 2.90. The molecule has 0 bridgehead atoms. The number of nitrogens with one attached hydrogen (secondary N) is 1. The van der Waals surface area contributed by atoms with Crippen LogP contribution in [0.5, 0.6) is 0 Å². The number of carbonyl (C=O) groups excluding carboxylic acids is 2. The molecular weight excluding hydrogens is 294 g/mol. The minimum Gasteiger partial charge on any atom is -0.361 e. The van der Waals surface area contributed by atoms with Crippen LogP contribution in [-0.4, -0.2) is 35.0 Å². The van der Waals surface area contributed by atoms with Gasteiger partial charge in [-0.15, -0.1) is 0 Å². The third-order valence-electron chi connectivity index (χ3n) is 4.11. The summed E-state index contributed by atoms with van der Waals surface area (Å²) in [5.74, 6) is 0.131. The Balaban J connectivity index is 1.98. The molecule has 23 heavy (non-hydrogen) atoms. The molecule has 0 radical (unpaired) electrons. The Morgan fingerprint density at radius 1 is 1.39 bits per heavy atom. The zero-order chi connectivity index (χ0) is 16.4. The van der Waals surface area contributed by atoms with E-state index in [-0.39, 0.29) is 24.4 Å². The maximum Gasteiger partial charge on any atom is 0.260 e. The molecular formula is C17H19N3O3. The molecule has 1 N–H and O–H groups in total. The summed E-state index contributed by atoms with van der Waals surface area (Å²) in [6, 6.07) is 9.51. The molecule has 1 saturated heterocycles. The predicted octanol–water partition coefficient (Wildman–Crippen LogP) is 1.86. The van der Waals surface area contributed by atoms with Crippen molar-refractivity contribution in [1.29, 1.82) is 0 Å². The van der Waals surface area contributed by atoms with Crippen molar-refractivity contribution in [1.82, 2.24) is 15.4 Å². The van der Waals surface area contributed by atoms with Gasteiger partial charge in [0.2, 0.25) is 5.91 Å². The summed E-state index contributed by atoms with van der Waals surface area (Å²) in [6.45, 7) is 4.08. The Bertz CT molecular complexity index is 724. The van der Waals surface area contributed by atoms with Crippen molar-refractivity contribution in [3.63, 3.8) is 0 Å². The highest BCUT2D eigenvalue weighted by molar-refractivity contribution is 5.99. The van der Waals surface area contributed by atoms with Crippen LogP contribution in [0.3, 0.4) is 0 Å². The molecule has 1 atom stereocenters. The number of hydrogen-bond acceptors (Lipinski definition) is 4. The van der Waals surface area contributed by atoms with E-state index in [1.165, 1.54) is 0 Å². The van der Waals surface area contributed by atoms with Crippen molar-refractivity contribution in [2.45, 2.75) is 26.3 Å². The molecule has 6 nitrogen and oxygen atoms in total. The first-order valence-corrected chi connectivity index (χ1v) is 7.69. The first-order valence-electron chi connectivity index (χ1n) is 7.69. The van der Waals surface area contributed by atoms with E-state index in [0.29, 0.717) is 30.0 Å². The largest absolute Gasteiger partial charge is 0.361 e. The number of hydrogen-bond donors (Lipinski definition) is 1. The maximum absolute atomic E-state index is 13.0. The molecule has 1 aromatic carbocycles. The Labute approximate surface area is 134 Å². The number of piperazine rings is 1. The topological polar surface area (TPSA) is 75.4 Å². The van der Waals surface area contributed by atoms with Crippen LogP contribution in [-0.2, 0) is 11.2 Å². The van der Waals surface area contributed by atoms with Crippen LogP contribution in [0.4, 0.5) is 0 Å². The molecule has 2 amide bonds.